The fraction of sp³-hybridized carbons (Fsp3) is 0. The number of halogens is 1. The van der Waals surface area contributed by atoms with Crippen LogP contribution in [0.2, 0.25) is 0 Å². The van der Waals surface area contributed by atoms with Crippen molar-refractivity contribution in [1.82, 2.24) is 0 Å². The van der Waals surface area contributed by atoms with Gasteiger partial charge in [-0.25, -0.2) is 0 Å². The van der Waals surface area contributed by atoms with E-state index in [0.29, 0.717) is 0 Å². The van der Waals surface area contributed by atoms with Gasteiger partial charge in [-0.05, 0) is 0 Å². The Morgan fingerprint density at radius 2 is 0.750 bits per heavy atom. The van der Waals surface area contributed by atoms with Crippen LogP contribution in [0.15, 0.2) is 0 Å². The molecule has 0 amide bonds. The molecule has 0 fully saturated rings. The molecule has 20 heavy (non-hydrogen) atoms. The monoisotopic (exact) mass is 506 g/mol. The molecule has 0 rings (SSSR count). The first-order chi connectivity index (χ1) is 5.41. The third-order valence-corrected chi connectivity index (χ3v) is 3.60. The summed E-state index contributed by atoms with van der Waals surface area (Å²) in [6.45, 7) is 0. The van der Waals surface area contributed by atoms with E-state index in [1.807, 2.05) is 0 Å². The normalized spacial score (nSPS) is 9.45. The first-order valence-electron chi connectivity index (χ1n) is 2.19. The fourth-order valence-corrected chi connectivity index (χ4v) is 2.61. The van der Waals surface area contributed by atoms with Crippen LogP contribution < -0.4 is 323 Å². The van der Waals surface area contributed by atoms with Gasteiger partial charge in [0, 0.05) is 0 Å². The molecule has 20 heteroatoms. The molecule has 0 aliphatic rings. The molecule has 0 aliphatic carbocycles. The molecule has 0 saturated carbocycles. The largest absolute Gasteiger partial charge is 1.00 e. The molecular formula is ClK5NaO10P3. The Labute approximate surface area is 356 Å². The fourth-order valence-electron chi connectivity index (χ4n) is 0.260. The van der Waals surface area contributed by atoms with Crippen LogP contribution >= 0.6 is 23.5 Å². The minimum atomic E-state index is -5.97. The number of phosphoric acid groups is 3. The van der Waals surface area contributed by atoms with E-state index in [4.69, 9.17) is 0 Å². The molecule has 0 unspecified atom stereocenters. The average molecular weight is 507 g/mol. The van der Waals surface area contributed by atoms with Crippen LogP contribution in [-0.4, -0.2) is 0 Å². The molecule has 0 aliphatic heterocycles. The zero-order valence-corrected chi connectivity index (χ0v) is 32.9. The summed E-state index contributed by atoms with van der Waals surface area (Å²) in [5.41, 5.74) is 0. The molecule has 0 spiro atoms. The SMILES string of the molecule is O=P([O-])([O-])OP(=O)([O-])OP(=O)([O-])[O-].[Cl-].[K+].[K+].[K+].[K+].[K+].[Na+]. The van der Waals surface area contributed by atoms with E-state index in [1.54, 1.807) is 0 Å². The van der Waals surface area contributed by atoms with Crippen molar-refractivity contribution in [3.63, 3.8) is 0 Å². The van der Waals surface area contributed by atoms with Gasteiger partial charge in [0.15, 0.2) is 0 Å². The van der Waals surface area contributed by atoms with Crippen LogP contribution in [0.4, 0.5) is 0 Å². The minimum Gasteiger partial charge on any atom is -1.00 e. The summed E-state index contributed by atoms with van der Waals surface area (Å²) in [7, 11) is -17.9. The quantitative estimate of drug-likeness (QED) is 0.262. The van der Waals surface area contributed by atoms with Gasteiger partial charge in [0.1, 0.15) is 0 Å². The maximum Gasteiger partial charge on any atom is 1.00 e. The predicted molar refractivity (Wildman–Crippen MR) is 25.0 cm³/mol. The van der Waals surface area contributed by atoms with Gasteiger partial charge >= 0.3 is 286 Å². The van der Waals surface area contributed by atoms with Gasteiger partial charge in [-0.2, -0.15) is 0 Å². The Morgan fingerprint density at radius 1 is 0.600 bits per heavy atom. The molecule has 0 aromatic carbocycles. The second-order valence-corrected chi connectivity index (χ2v) is 5.49. The van der Waals surface area contributed by atoms with Gasteiger partial charge < -0.3 is 46.0 Å². The first kappa shape index (κ1) is 52.1. The maximum atomic E-state index is 10.1. The van der Waals surface area contributed by atoms with Crippen molar-refractivity contribution in [2.75, 3.05) is 0 Å². The van der Waals surface area contributed by atoms with Gasteiger partial charge in [-0.15, -0.1) is 0 Å². The van der Waals surface area contributed by atoms with Gasteiger partial charge in [-0.1, -0.05) is 0 Å². The minimum absolute atomic E-state index is 0. The van der Waals surface area contributed by atoms with Gasteiger partial charge in [0.2, 0.25) is 0 Å². The Hall–Kier alpha value is 9.88. The van der Waals surface area contributed by atoms with Crippen LogP contribution in [0.1, 0.15) is 0 Å². The summed E-state index contributed by atoms with van der Waals surface area (Å²) in [6.07, 6.45) is 0. The summed E-state index contributed by atoms with van der Waals surface area (Å²) >= 11 is 0. The van der Waals surface area contributed by atoms with Crippen LogP contribution in [0.25, 0.3) is 0 Å². The second-order valence-electron chi connectivity index (χ2n) is 1.50. The Bertz CT molecular complexity index is 299. The van der Waals surface area contributed by atoms with E-state index >= 15 is 0 Å². The van der Waals surface area contributed by atoms with Crippen molar-refractivity contribution in [3.8, 4) is 0 Å². The summed E-state index contributed by atoms with van der Waals surface area (Å²) in [5, 5.41) is 0. The third kappa shape index (κ3) is 42.1. The third-order valence-electron chi connectivity index (χ3n) is 0.400. The van der Waals surface area contributed by atoms with E-state index < -0.39 is 23.5 Å². The van der Waals surface area contributed by atoms with E-state index in [9.17, 15) is 38.2 Å². The summed E-state index contributed by atoms with van der Waals surface area (Å²) in [4.78, 5) is 48.6. The van der Waals surface area contributed by atoms with Gasteiger partial charge in [0.25, 0.3) is 7.82 Å². The summed E-state index contributed by atoms with van der Waals surface area (Å²) in [6, 6.07) is 0. The molecule has 0 saturated heterocycles. The van der Waals surface area contributed by atoms with Gasteiger partial charge in [-0.3, -0.25) is 13.2 Å². The number of rotatable bonds is 4. The average Bonchev–Trinajstić information content (AvgIpc) is 1.43. The molecule has 0 bridgehead atoms. The molecule has 10 nitrogen and oxygen atoms in total. The summed E-state index contributed by atoms with van der Waals surface area (Å²) < 4.78 is 34.7. The number of hydrogen-bond donors (Lipinski definition) is 0. The zero-order chi connectivity index (χ0) is 10.9. The smallest absolute Gasteiger partial charge is 1.00 e. The van der Waals surface area contributed by atoms with Crippen LogP contribution in [0.3, 0.4) is 0 Å². The van der Waals surface area contributed by atoms with Crippen molar-refractivity contribution >= 4 is 23.5 Å². The van der Waals surface area contributed by atoms with E-state index in [2.05, 4.69) is 8.62 Å². The van der Waals surface area contributed by atoms with Gasteiger partial charge in [0.05, 0.1) is 15.6 Å². The van der Waals surface area contributed by atoms with Crippen molar-refractivity contribution < 1.29 is 346 Å². The Balaban J connectivity index is -0.0000000343. The van der Waals surface area contributed by atoms with E-state index in [1.165, 1.54) is 0 Å². The molecule has 0 radical (unpaired) electrons. The van der Waals surface area contributed by atoms with Crippen molar-refractivity contribution in [2.24, 2.45) is 0 Å². The van der Waals surface area contributed by atoms with E-state index in [0.717, 1.165) is 0 Å². The predicted octanol–water partition coefficient (Wildman–Crippen LogP) is -24.8. The first-order valence-corrected chi connectivity index (χ1v) is 6.57. The topological polar surface area (TPSA) is 185 Å². The molecular weight excluding hydrogens is 507 g/mol. The van der Waals surface area contributed by atoms with Crippen LogP contribution in [-0.2, 0) is 22.3 Å². The zero-order valence-electron chi connectivity index (χ0n) is 11.8. The Morgan fingerprint density at radius 3 is 0.850 bits per heavy atom. The van der Waals surface area contributed by atoms with Crippen LogP contribution in [0, 0.1) is 0 Å². The second kappa shape index (κ2) is 25.1. The number of hydrogen-bond acceptors (Lipinski definition) is 10. The Kier molecular flexibility index (Phi) is 65.5. The maximum absolute atomic E-state index is 10.1. The molecule has 0 N–H and O–H groups in total. The van der Waals surface area contributed by atoms with Crippen molar-refractivity contribution in [1.29, 1.82) is 0 Å². The van der Waals surface area contributed by atoms with Crippen molar-refractivity contribution in [3.05, 3.63) is 0 Å². The standard InChI is InChI=1S/ClH.5K.Na.H5O10P3/c;;;;;;;1-11(2,3)9-13(7,8)10-12(4,5)6/h1H;;;;;;;(H,7,8)(H2,1,2,3)(H2,4,5,6)/q;6*+1;/p-6. The molecule has 0 heterocycles. The molecule has 0 aromatic rings. The summed E-state index contributed by atoms with van der Waals surface area (Å²) in [5.74, 6) is 0. The molecule has 88 valence electrons. The molecule has 0 atom stereocenters. The molecule has 0 aromatic heterocycles. The van der Waals surface area contributed by atoms with Crippen LogP contribution in [0.5, 0.6) is 0 Å². The van der Waals surface area contributed by atoms with E-state index in [-0.39, 0.29) is 299 Å². The van der Waals surface area contributed by atoms with Crippen molar-refractivity contribution in [2.45, 2.75) is 0 Å².